The van der Waals surface area contributed by atoms with Crippen LogP contribution in [0, 0.1) is 6.92 Å². The van der Waals surface area contributed by atoms with Gasteiger partial charge in [0.2, 0.25) is 9.84 Å². The van der Waals surface area contributed by atoms with Crippen LogP contribution < -0.4 is 5.32 Å². The molecule has 3 heterocycles. The van der Waals surface area contributed by atoms with Crippen LogP contribution in [0.2, 0.25) is 5.02 Å². The summed E-state index contributed by atoms with van der Waals surface area (Å²) in [6, 6.07) is 6.28. The van der Waals surface area contributed by atoms with Gasteiger partial charge in [-0.15, -0.1) is 11.8 Å². The van der Waals surface area contributed by atoms with Gasteiger partial charge in [0, 0.05) is 17.3 Å². The van der Waals surface area contributed by atoms with Crippen molar-refractivity contribution in [2.24, 2.45) is 0 Å². The van der Waals surface area contributed by atoms with E-state index in [1.807, 2.05) is 13.2 Å². The van der Waals surface area contributed by atoms with Crippen LogP contribution in [-0.4, -0.2) is 35.8 Å². The van der Waals surface area contributed by atoms with Gasteiger partial charge in [0.25, 0.3) is 0 Å². The van der Waals surface area contributed by atoms with E-state index < -0.39 is 9.84 Å². The summed E-state index contributed by atoms with van der Waals surface area (Å²) in [4.78, 5) is 4.91. The summed E-state index contributed by atoms with van der Waals surface area (Å²) in [6.07, 6.45) is 2.67. The molecule has 3 aromatic rings. The maximum Gasteiger partial charge on any atom is 0.213 e. The molecule has 0 bridgehead atoms. The lowest BCUT2D eigenvalue weighted by Crippen LogP contribution is -2.27. The predicted octanol–water partition coefficient (Wildman–Crippen LogP) is 2.89. The van der Waals surface area contributed by atoms with Gasteiger partial charge in [-0.05, 0) is 49.9 Å². The summed E-state index contributed by atoms with van der Waals surface area (Å²) in [6.45, 7) is 3.44. The van der Waals surface area contributed by atoms with Crippen molar-refractivity contribution in [3.63, 3.8) is 0 Å². The van der Waals surface area contributed by atoms with E-state index >= 15 is 0 Å². The Morgan fingerprint density at radius 2 is 2.15 bits per heavy atom. The number of nitrogens with zero attached hydrogens (tertiary/aromatic N) is 3. The minimum absolute atomic E-state index is 0.142. The number of fused-ring (bicyclic) bond motifs is 3. The number of sulfone groups is 1. The third-order valence-electron chi connectivity index (χ3n) is 4.52. The zero-order chi connectivity index (χ0) is 18.5. The monoisotopic (exact) mass is 408 g/mol. The molecule has 0 amide bonds. The number of hydrogen-bond acceptors (Lipinski definition) is 6. The molecule has 0 saturated heterocycles. The Morgan fingerprint density at radius 3 is 2.88 bits per heavy atom. The van der Waals surface area contributed by atoms with Crippen molar-refractivity contribution in [2.75, 3.05) is 12.8 Å². The van der Waals surface area contributed by atoms with Gasteiger partial charge in [-0.2, -0.15) is 5.10 Å². The Morgan fingerprint density at radius 1 is 1.35 bits per heavy atom. The Kier molecular flexibility index (Phi) is 4.46. The van der Waals surface area contributed by atoms with Gasteiger partial charge in [0.1, 0.15) is 5.03 Å². The molecule has 1 aliphatic rings. The fourth-order valence-corrected chi connectivity index (χ4v) is 5.97. The average Bonchev–Trinajstić information content (AvgIpc) is 3.01. The summed E-state index contributed by atoms with van der Waals surface area (Å²) in [5, 5.41) is 8.70. The number of aromatic nitrogens is 3. The molecular formula is C17H17ClN4O2S2. The summed E-state index contributed by atoms with van der Waals surface area (Å²) >= 11 is 7.31. The second-order valence-electron chi connectivity index (χ2n) is 6.08. The Bertz CT molecular complexity index is 1130. The second-order valence-corrected chi connectivity index (χ2v) is 9.20. The molecule has 4 rings (SSSR count). The van der Waals surface area contributed by atoms with Crippen molar-refractivity contribution in [3.05, 3.63) is 46.2 Å². The molecule has 0 fully saturated rings. The van der Waals surface area contributed by atoms with Crippen molar-refractivity contribution in [1.29, 1.82) is 0 Å². The maximum atomic E-state index is 13.3. The number of nitrogens with one attached hydrogen (secondary N) is 1. The van der Waals surface area contributed by atoms with E-state index in [1.54, 1.807) is 22.7 Å². The molecule has 6 nitrogen and oxygen atoms in total. The quantitative estimate of drug-likeness (QED) is 0.671. The zero-order valence-electron chi connectivity index (χ0n) is 14.3. The molecule has 9 heteroatoms. The van der Waals surface area contributed by atoms with E-state index in [4.69, 9.17) is 11.6 Å². The van der Waals surface area contributed by atoms with Crippen molar-refractivity contribution < 1.29 is 8.42 Å². The molecule has 1 aromatic carbocycles. The number of halogens is 1. The van der Waals surface area contributed by atoms with Crippen LogP contribution in [0.5, 0.6) is 0 Å². The van der Waals surface area contributed by atoms with Crippen LogP contribution in [0.4, 0.5) is 0 Å². The summed E-state index contributed by atoms with van der Waals surface area (Å²) in [5.74, 6) is 0. The highest BCUT2D eigenvalue weighted by atomic mass is 35.5. The molecular weight excluding hydrogens is 392 g/mol. The summed E-state index contributed by atoms with van der Waals surface area (Å²) in [7, 11) is -3.80. The smallest absolute Gasteiger partial charge is 0.213 e. The molecule has 26 heavy (non-hydrogen) atoms. The van der Waals surface area contributed by atoms with Crippen molar-refractivity contribution in [2.45, 2.75) is 34.7 Å². The van der Waals surface area contributed by atoms with E-state index in [2.05, 4.69) is 15.4 Å². The lowest BCUT2D eigenvalue weighted by atomic mass is 10.1. The molecule has 0 spiro atoms. The van der Waals surface area contributed by atoms with Crippen LogP contribution in [0.25, 0.3) is 5.65 Å². The van der Waals surface area contributed by atoms with Gasteiger partial charge in [-0.25, -0.2) is 17.9 Å². The minimum Gasteiger partial charge on any atom is -0.311 e. The van der Waals surface area contributed by atoms with Gasteiger partial charge in [-0.1, -0.05) is 17.7 Å². The van der Waals surface area contributed by atoms with E-state index in [-0.39, 0.29) is 9.79 Å². The number of aryl methyl sites for hydroxylation is 1. The number of hydrogen-bond donors (Lipinski definition) is 1. The zero-order valence-corrected chi connectivity index (χ0v) is 16.7. The molecule has 136 valence electrons. The highest BCUT2D eigenvalue weighted by molar-refractivity contribution is 7.99. The van der Waals surface area contributed by atoms with E-state index in [1.165, 1.54) is 17.8 Å². The highest BCUT2D eigenvalue weighted by Gasteiger charge is 2.31. The fourth-order valence-electron chi connectivity index (χ4n) is 3.27. The lowest BCUT2D eigenvalue weighted by Gasteiger charge is -2.19. The van der Waals surface area contributed by atoms with Crippen LogP contribution in [-0.2, 0) is 22.8 Å². The van der Waals surface area contributed by atoms with Gasteiger partial charge in [0.15, 0.2) is 10.5 Å². The van der Waals surface area contributed by atoms with E-state index in [0.29, 0.717) is 22.2 Å². The first-order valence-corrected chi connectivity index (χ1v) is 11.2. The van der Waals surface area contributed by atoms with Crippen LogP contribution in [0.15, 0.2) is 39.1 Å². The molecule has 2 aromatic heterocycles. The average molecular weight is 409 g/mol. The molecule has 0 saturated carbocycles. The third kappa shape index (κ3) is 2.72. The molecule has 1 N–H and O–H groups in total. The third-order valence-corrected chi connectivity index (χ3v) is 7.34. The minimum atomic E-state index is -3.80. The van der Waals surface area contributed by atoms with Gasteiger partial charge in [-0.3, -0.25) is 0 Å². The largest absolute Gasteiger partial charge is 0.311 e. The molecule has 1 aliphatic heterocycles. The fraction of sp³-hybridized carbons (Fsp3) is 0.294. The van der Waals surface area contributed by atoms with Crippen molar-refractivity contribution in [3.8, 4) is 0 Å². The van der Waals surface area contributed by atoms with Gasteiger partial charge >= 0.3 is 0 Å². The van der Waals surface area contributed by atoms with E-state index in [0.717, 1.165) is 29.9 Å². The van der Waals surface area contributed by atoms with Crippen LogP contribution in [0.3, 0.4) is 0 Å². The van der Waals surface area contributed by atoms with Gasteiger partial charge in [0.05, 0.1) is 10.6 Å². The standard InChI is InChI=1S/C17H17ClN4O2S2/c1-10-13-6-7-19-9-14(13)22-16(20-10)15(17(21-22)25-2)26(23,24)12-5-3-4-11(18)8-12/h3-5,8,19H,6-7,9H2,1-2H3. The number of benzene rings is 1. The molecule has 0 atom stereocenters. The summed E-state index contributed by atoms with van der Waals surface area (Å²) < 4.78 is 28.4. The topological polar surface area (TPSA) is 76.4 Å². The predicted molar refractivity (Wildman–Crippen MR) is 102 cm³/mol. The second kappa shape index (κ2) is 6.53. The number of thioether (sulfide) groups is 1. The SMILES string of the molecule is CSc1nn2c3c(c(C)nc2c1S(=O)(=O)c1cccc(Cl)c1)CCNC3. The highest BCUT2D eigenvalue weighted by Crippen LogP contribution is 2.34. The Labute approximate surface area is 160 Å². The summed E-state index contributed by atoms with van der Waals surface area (Å²) in [5.41, 5.74) is 3.33. The van der Waals surface area contributed by atoms with Crippen molar-refractivity contribution >= 4 is 38.8 Å². The molecule has 0 aliphatic carbocycles. The molecule has 0 radical (unpaired) electrons. The van der Waals surface area contributed by atoms with Crippen LogP contribution in [0.1, 0.15) is 17.0 Å². The van der Waals surface area contributed by atoms with Crippen molar-refractivity contribution in [1.82, 2.24) is 19.9 Å². The normalized spacial score (nSPS) is 14.6. The lowest BCUT2D eigenvalue weighted by molar-refractivity contribution is 0.594. The first-order valence-electron chi connectivity index (χ1n) is 8.10. The van der Waals surface area contributed by atoms with E-state index in [9.17, 15) is 8.42 Å². The first kappa shape index (κ1) is 17.8. The maximum absolute atomic E-state index is 13.3. The first-order chi connectivity index (χ1) is 12.4. The van der Waals surface area contributed by atoms with Crippen LogP contribution >= 0.6 is 23.4 Å². The number of rotatable bonds is 3. The Balaban J connectivity index is 2.05. The molecule has 0 unspecified atom stereocenters. The Hall–Kier alpha value is -1.61. The van der Waals surface area contributed by atoms with Gasteiger partial charge < -0.3 is 5.32 Å².